The highest BCUT2D eigenvalue weighted by Gasteiger charge is 2.35. The van der Waals surface area contributed by atoms with Crippen molar-refractivity contribution in [2.75, 3.05) is 18.5 Å². The monoisotopic (exact) mass is 577 g/mol. The number of thioether (sulfide) groups is 1. The molecule has 5 N–H and O–H groups in total. The van der Waals surface area contributed by atoms with Gasteiger partial charge in [-0.15, -0.1) is 11.8 Å². The van der Waals surface area contributed by atoms with E-state index in [1.165, 1.54) is 29.8 Å². The highest BCUT2D eigenvalue weighted by Crippen LogP contribution is 2.42. The third kappa shape index (κ3) is 5.90. The Kier molecular flexibility index (Phi) is 7.81. The molecular formula is C25H28ClN5O5S2. The van der Waals surface area contributed by atoms with E-state index in [2.05, 4.69) is 31.7 Å². The number of fused-ring (bicyclic) bond motifs is 1. The van der Waals surface area contributed by atoms with E-state index in [0.29, 0.717) is 34.2 Å². The molecule has 5 rings (SSSR count). The van der Waals surface area contributed by atoms with Gasteiger partial charge >= 0.3 is 10.3 Å². The lowest BCUT2D eigenvalue weighted by Gasteiger charge is -2.24. The molecule has 4 atom stereocenters. The van der Waals surface area contributed by atoms with Crippen molar-refractivity contribution in [2.24, 2.45) is 11.1 Å². The molecule has 1 fully saturated rings. The number of hydrogen-bond acceptors (Lipinski definition) is 10. The number of Topliss-reactive ketones (excluding diaryl/α,β-unsaturated/α-hetero) is 1. The van der Waals surface area contributed by atoms with Gasteiger partial charge in [0.1, 0.15) is 12.1 Å². The van der Waals surface area contributed by atoms with Crippen LogP contribution in [0.3, 0.4) is 0 Å². The molecule has 1 aromatic carbocycles. The molecule has 13 heteroatoms. The zero-order valence-corrected chi connectivity index (χ0v) is 22.9. The summed E-state index contributed by atoms with van der Waals surface area (Å²) in [6, 6.07) is 5.66. The third-order valence-electron chi connectivity index (χ3n) is 6.98. The molecule has 0 bridgehead atoms. The second kappa shape index (κ2) is 10.9. The lowest BCUT2D eigenvalue weighted by Crippen LogP contribution is -2.24. The molecule has 2 aliphatic heterocycles. The van der Waals surface area contributed by atoms with Gasteiger partial charge in [0.15, 0.2) is 0 Å². The van der Waals surface area contributed by atoms with Crippen LogP contribution in [0.1, 0.15) is 41.3 Å². The molecule has 0 spiro atoms. The van der Waals surface area contributed by atoms with Gasteiger partial charge in [0.25, 0.3) is 0 Å². The Morgan fingerprint density at radius 3 is 2.97 bits per heavy atom. The summed E-state index contributed by atoms with van der Waals surface area (Å²) in [6.07, 6.45) is 5.65. The fraction of sp³-hybridized carbons (Fsp3) is 0.400. The summed E-state index contributed by atoms with van der Waals surface area (Å²) in [7, 11) is -4.09. The molecule has 38 heavy (non-hydrogen) atoms. The number of ketones is 1. The molecule has 3 aliphatic rings. The minimum atomic E-state index is -4.09. The standard InChI is InChI=1S/C25H28ClN5O5S2/c1-13-18(23-19-7-16(26)3-2-14(19)4-5-29-23)9-22(37-13)24(33)20-10-28-12-30-25(20)31-17-6-15(21(32)8-17)11-36-38(27,34)35/h2-3,7,9-10,12-13,15,17,21,29,32H,4-6,8,11H2,1H3,(H2,27,34,35)(H,28,30,31)/t13?,15-,17-,21+/m1/s1. The Hall–Kier alpha value is -2.48. The molecular weight excluding hydrogens is 550 g/mol. The third-order valence-corrected chi connectivity index (χ3v) is 8.84. The van der Waals surface area contributed by atoms with Crippen molar-refractivity contribution in [2.45, 2.75) is 43.6 Å². The molecule has 0 amide bonds. The van der Waals surface area contributed by atoms with Crippen LogP contribution in [0.5, 0.6) is 0 Å². The quantitative estimate of drug-likeness (QED) is 0.361. The van der Waals surface area contributed by atoms with E-state index in [-0.39, 0.29) is 23.7 Å². The Balaban J connectivity index is 1.36. The number of nitrogens with one attached hydrogen (secondary N) is 2. The number of allylic oxidation sites excluding steroid dienone is 2. The number of carbonyl (C=O) groups excluding carboxylic acids is 1. The van der Waals surface area contributed by atoms with Crippen molar-refractivity contribution in [1.29, 1.82) is 0 Å². The van der Waals surface area contributed by atoms with E-state index in [1.54, 1.807) is 0 Å². The van der Waals surface area contributed by atoms with Crippen LogP contribution < -0.4 is 15.8 Å². The second-order valence-electron chi connectivity index (χ2n) is 9.61. The number of nitrogens with zero attached hydrogens (tertiary/aromatic N) is 2. The van der Waals surface area contributed by atoms with Crippen molar-refractivity contribution < 1.29 is 22.5 Å². The largest absolute Gasteiger partial charge is 0.393 e. The maximum Gasteiger partial charge on any atom is 0.333 e. The van der Waals surface area contributed by atoms with Crippen LogP contribution in [-0.4, -0.2) is 59.8 Å². The fourth-order valence-electron chi connectivity index (χ4n) is 5.13. The minimum Gasteiger partial charge on any atom is -0.393 e. The minimum absolute atomic E-state index is 0.0481. The molecule has 2 aromatic rings. The summed E-state index contributed by atoms with van der Waals surface area (Å²) in [6.45, 7) is 2.66. The van der Waals surface area contributed by atoms with Crippen molar-refractivity contribution in [3.05, 3.63) is 69.0 Å². The Labute approximate surface area is 230 Å². The van der Waals surface area contributed by atoms with Gasteiger partial charge in [0, 0.05) is 46.2 Å². The zero-order chi connectivity index (χ0) is 27.0. The number of rotatable bonds is 7. The molecule has 0 saturated heterocycles. The fourth-order valence-corrected chi connectivity index (χ4v) is 6.78. The van der Waals surface area contributed by atoms with Crippen LogP contribution >= 0.6 is 23.4 Å². The number of aliphatic hydroxyl groups is 1. The van der Waals surface area contributed by atoms with Gasteiger partial charge in [-0.05, 0) is 55.5 Å². The number of nitrogens with two attached hydrogens (primary N) is 1. The van der Waals surface area contributed by atoms with Gasteiger partial charge < -0.3 is 15.7 Å². The molecule has 202 valence electrons. The first-order chi connectivity index (χ1) is 18.1. The van der Waals surface area contributed by atoms with Crippen molar-refractivity contribution in [3.63, 3.8) is 0 Å². The maximum absolute atomic E-state index is 13.6. The second-order valence-corrected chi connectivity index (χ2v) is 12.6. The molecule has 1 saturated carbocycles. The van der Waals surface area contributed by atoms with Crippen molar-refractivity contribution in [3.8, 4) is 0 Å². The van der Waals surface area contributed by atoms with Crippen LogP contribution in [0.4, 0.5) is 5.82 Å². The van der Waals surface area contributed by atoms with Gasteiger partial charge in [0.2, 0.25) is 5.78 Å². The van der Waals surface area contributed by atoms with Gasteiger partial charge in [-0.25, -0.2) is 15.1 Å². The Morgan fingerprint density at radius 1 is 1.37 bits per heavy atom. The van der Waals surface area contributed by atoms with E-state index in [1.807, 2.05) is 24.3 Å². The van der Waals surface area contributed by atoms with E-state index in [4.69, 9.17) is 16.7 Å². The van der Waals surface area contributed by atoms with E-state index >= 15 is 0 Å². The average Bonchev–Trinajstić information content (AvgIpc) is 3.43. The number of aromatic nitrogens is 2. The van der Waals surface area contributed by atoms with Gasteiger partial charge in [-0.1, -0.05) is 17.7 Å². The highest BCUT2D eigenvalue weighted by molar-refractivity contribution is 8.05. The van der Waals surface area contributed by atoms with Gasteiger partial charge in [-0.3, -0.25) is 8.98 Å². The van der Waals surface area contributed by atoms with Crippen LogP contribution in [0.15, 0.2) is 47.3 Å². The van der Waals surface area contributed by atoms with E-state index in [9.17, 15) is 18.3 Å². The first kappa shape index (κ1) is 27.1. The summed E-state index contributed by atoms with van der Waals surface area (Å²) in [5.41, 5.74) is 4.62. The maximum atomic E-state index is 13.6. The average molecular weight is 578 g/mol. The van der Waals surface area contributed by atoms with Crippen LogP contribution in [0.2, 0.25) is 5.02 Å². The molecule has 10 nitrogen and oxygen atoms in total. The number of anilines is 1. The Morgan fingerprint density at radius 2 is 2.18 bits per heavy atom. The van der Waals surface area contributed by atoms with Gasteiger partial charge in [0.05, 0.1) is 23.2 Å². The smallest absolute Gasteiger partial charge is 0.333 e. The zero-order valence-electron chi connectivity index (χ0n) is 20.6. The number of aliphatic hydroxyl groups excluding tert-OH is 1. The van der Waals surface area contributed by atoms with E-state index < -0.39 is 22.3 Å². The van der Waals surface area contributed by atoms with Crippen molar-refractivity contribution >= 4 is 51.0 Å². The predicted octanol–water partition coefficient (Wildman–Crippen LogP) is 2.66. The number of hydrogen-bond donors (Lipinski definition) is 4. The molecule has 1 aliphatic carbocycles. The van der Waals surface area contributed by atoms with Gasteiger partial charge in [-0.2, -0.15) is 8.42 Å². The number of halogens is 1. The van der Waals surface area contributed by atoms with Crippen LogP contribution in [0.25, 0.3) is 5.70 Å². The highest BCUT2D eigenvalue weighted by atomic mass is 35.5. The molecule has 1 unspecified atom stereocenters. The first-order valence-corrected chi connectivity index (χ1v) is 14.9. The summed E-state index contributed by atoms with van der Waals surface area (Å²) in [5, 5.41) is 22.7. The normalized spacial score (nSPS) is 27.0. The summed E-state index contributed by atoms with van der Waals surface area (Å²) >= 11 is 7.77. The van der Waals surface area contributed by atoms with Crippen molar-refractivity contribution in [1.82, 2.24) is 15.3 Å². The summed E-state index contributed by atoms with van der Waals surface area (Å²) < 4.78 is 26.9. The summed E-state index contributed by atoms with van der Waals surface area (Å²) in [5.74, 6) is -0.261. The number of carbonyl (C=O) groups is 1. The lowest BCUT2D eigenvalue weighted by molar-refractivity contribution is 0.101. The SMILES string of the molecule is CC1SC(C(=O)c2cncnc2N[C@@H]2C[C@H](COS(N)(=O)=O)[C@@H](O)C2)=CC1=C1NCCc2ccc(Cl)cc21. The molecule has 3 heterocycles. The Bertz CT molecular complexity index is 1430. The first-order valence-electron chi connectivity index (χ1n) is 12.2. The lowest BCUT2D eigenvalue weighted by atomic mass is 9.94. The number of benzene rings is 1. The topological polar surface area (TPSA) is 157 Å². The molecule has 0 radical (unpaired) electrons. The molecule has 1 aromatic heterocycles. The van der Waals surface area contributed by atoms with Crippen LogP contribution in [-0.2, 0) is 20.9 Å². The van der Waals surface area contributed by atoms with E-state index in [0.717, 1.165) is 29.8 Å². The predicted molar refractivity (Wildman–Crippen MR) is 147 cm³/mol. The summed E-state index contributed by atoms with van der Waals surface area (Å²) in [4.78, 5) is 22.6. The van der Waals surface area contributed by atoms with Crippen LogP contribution in [0, 0.1) is 5.92 Å².